The van der Waals surface area contributed by atoms with Gasteiger partial charge >= 0.3 is 6.09 Å². The minimum Gasteiger partial charge on any atom is -0.444 e. The fourth-order valence-corrected chi connectivity index (χ4v) is 4.80. The van der Waals surface area contributed by atoms with E-state index in [2.05, 4.69) is 45.1 Å². The number of carbonyl (C=O) groups excluding carboxylic acids is 2. The minimum atomic E-state index is -0.485. The van der Waals surface area contributed by atoms with Crippen LogP contribution < -0.4 is 10.2 Å². The molecule has 0 spiro atoms. The number of piperidine rings is 1. The van der Waals surface area contributed by atoms with Gasteiger partial charge in [0.25, 0.3) is 0 Å². The molecule has 3 rings (SSSR count). The number of carbonyl (C=O) groups is 2. The van der Waals surface area contributed by atoms with Gasteiger partial charge in [-0.05, 0) is 71.4 Å². The van der Waals surface area contributed by atoms with E-state index in [-0.39, 0.29) is 30.0 Å². The van der Waals surface area contributed by atoms with Crippen molar-refractivity contribution in [2.75, 3.05) is 24.5 Å². The largest absolute Gasteiger partial charge is 0.444 e. The highest BCUT2D eigenvalue weighted by molar-refractivity contribution is 6.00. The topological polar surface area (TPSA) is 61.9 Å². The summed E-state index contributed by atoms with van der Waals surface area (Å²) in [7, 11) is 0. The minimum absolute atomic E-state index is 0.159. The molecule has 166 valence electrons. The van der Waals surface area contributed by atoms with Crippen LogP contribution in [0.4, 0.5) is 10.5 Å². The molecule has 2 aliphatic rings. The van der Waals surface area contributed by atoms with Gasteiger partial charge < -0.3 is 19.9 Å². The van der Waals surface area contributed by atoms with Crippen molar-refractivity contribution >= 4 is 17.7 Å². The van der Waals surface area contributed by atoms with Crippen LogP contribution in [0.5, 0.6) is 0 Å². The lowest BCUT2D eigenvalue weighted by molar-refractivity contribution is -0.119. The van der Waals surface area contributed by atoms with E-state index in [1.807, 2.05) is 25.7 Å². The molecule has 2 heterocycles. The average molecular weight is 416 g/mol. The summed E-state index contributed by atoms with van der Waals surface area (Å²) < 4.78 is 5.51. The molecule has 6 nitrogen and oxygen atoms in total. The van der Waals surface area contributed by atoms with E-state index in [1.54, 1.807) is 4.90 Å². The van der Waals surface area contributed by atoms with Crippen molar-refractivity contribution in [2.24, 2.45) is 5.92 Å². The predicted octanol–water partition coefficient (Wildman–Crippen LogP) is 3.95. The summed E-state index contributed by atoms with van der Waals surface area (Å²) in [6.07, 6.45) is 1.39. The van der Waals surface area contributed by atoms with Crippen molar-refractivity contribution in [3.05, 3.63) is 28.8 Å². The Bertz CT molecular complexity index is 791. The Morgan fingerprint density at radius 3 is 2.30 bits per heavy atom. The van der Waals surface area contributed by atoms with Crippen LogP contribution in [-0.2, 0) is 9.53 Å². The summed E-state index contributed by atoms with van der Waals surface area (Å²) in [6, 6.07) is 4.35. The lowest BCUT2D eigenvalue weighted by Gasteiger charge is -2.38. The van der Waals surface area contributed by atoms with E-state index in [0.717, 1.165) is 36.2 Å². The molecule has 3 atom stereocenters. The zero-order valence-corrected chi connectivity index (χ0v) is 19.5. The Morgan fingerprint density at radius 2 is 1.73 bits per heavy atom. The van der Waals surface area contributed by atoms with Crippen LogP contribution in [0.3, 0.4) is 0 Å². The van der Waals surface area contributed by atoms with Gasteiger partial charge in [-0.15, -0.1) is 0 Å². The van der Waals surface area contributed by atoms with Crippen molar-refractivity contribution in [3.8, 4) is 0 Å². The number of aryl methyl sites for hydroxylation is 3. The van der Waals surface area contributed by atoms with E-state index in [9.17, 15) is 9.59 Å². The van der Waals surface area contributed by atoms with E-state index < -0.39 is 5.60 Å². The van der Waals surface area contributed by atoms with Crippen LogP contribution in [0.1, 0.15) is 57.2 Å². The molecule has 0 unspecified atom stereocenters. The standard InChI is InChI=1S/C24H37N3O3/c1-15-12-16(2)21(17(3)13-15)27-11-9-20(22(27)28)25-19-8-10-26(14-18(19)4)23(29)30-24(5,6)7/h12-13,18-20,25H,8-11,14H2,1-7H3/t18-,19-,20-/m0/s1. The van der Waals surface area contributed by atoms with Crippen LogP contribution in [0, 0.1) is 26.7 Å². The van der Waals surface area contributed by atoms with Crippen LogP contribution in [0.2, 0.25) is 0 Å². The first kappa shape index (κ1) is 22.6. The highest BCUT2D eigenvalue weighted by Gasteiger charge is 2.38. The Hall–Kier alpha value is -2.08. The lowest BCUT2D eigenvalue weighted by atomic mass is 9.93. The second-order valence-electron chi connectivity index (χ2n) is 10.0. The Labute approximate surface area is 180 Å². The van der Waals surface area contributed by atoms with Crippen molar-refractivity contribution in [3.63, 3.8) is 0 Å². The SMILES string of the molecule is Cc1cc(C)c(N2CC[C@H](N[C@H]3CCN(C(=O)OC(C)(C)C)C[C@@H]3C)C2=O)c(C)c1. The molecule has 0 saturated carbocycles. The third kappa shape index (κ3) is 4.97. The van der Waals surface area contributed by atoms with Gasteiger partial charge in [0.15, 0.2) is 0 Å². The summed E-state index contributed by atoms with van der Waals surface area (Å²) in [5, 5.41) is 3.61. The second-order valence-corrected chi connectivity index (χ2v) is 10.0. The third-order valence-electron chi connectivity index (χ3n) is 6.08. The van der Waals surface area contributed by atoms with Gasteiger partial charge in [-0.1, -0.05) is 24.6 Å². The summed E-state index contributed by atoms with van der Waals surface area (Å²) in [5.74, 6) is 0.419. The first-order valence-electron chi connectivity index (χ1n) is 11.1. The van der Waals surface area contributed by atoms with E-state index in [1.165, 1.54) is 5.56 Å². The Kier molecular flexibility index (Phi) is 6.46. The number of likely N-dealkylation sites (tertiary alicyclic amines) is 1. The summed E-state index contributed by atoms with van der Waals surface area (Å²) in [5.41, 5.74) is 4.10. The number of hydrogen-bond donors (Lipinski definition) is 1. The molecule has 2 amide bonds. The first-order valence-corrected chi connectivity index (χ1v) is 11.1. The number of nitrogens with zero attached hydrogens (tertiary/aromatic N) is 2. The molecule has 2 aliphatic heterocycles. The number of nitrogens with one attached hydrogen (secondary N) is 1. The zero-order chi connectivity index (χ0) is 22.2. The molecule has 1 aromatic rings. The Morgan fingerprint density at radius 1 is 1.10 bits per heavy atom. The smallest absolute Gasteiger partial charge is 0.410 e. The van der Waals surface area contributed by atoms with Crippen molar-refractivity contribution < 1.29 is 14.3 Å². The quantitative estimate of drug-likeness (QED) is 0.812. The molecule has 0 aliphatic carbocycles. The molecule has 0 aromatic heterocycles. The van der Waals surface area contributed by atoms with Gasteiger partial charge in [0.2, 0.25) is 5.91 Å². The monoisotopic (exact) mass is 415 g/mol. The number of ether oxygens (including phenoxy) is 1. The van der Waals surface area contributed by atoms with E-state index >= 15 is 0 Å². The summed E-state index contributed by atoms with van der Waals surface area (Å²) >= 11 is 0. The van der Waals surface area contributed by atoms with Gasteiger partial charge in [-0.2, -0.15) is 0 Å². The van der Waals surface area contributed by atoms with E-state index in [0.29, 0.717) is 13.1 Å². The van der Waals surface area contributed by atoms with Gasteiger partial charge in [0.1, 0.15) is 5.60 Å². The number of hydrogen-bond acceptors (Lipinski definition) is 4. The van der Waals surface area contributed by atoms with Gasteiger partial charge in [0, 0.05) is 31.4 Å². The zero-order valence-electron chi connectivity index (χ0n) is 19.5. The molecule has 0 radical (unpaired) electrons. The molecule has 6 heteroatoms. The third-order valence-corrected chi connectivity index (χ3v) is 6.08. The Balaban J connectivity index is 1.61. The van der Waals surface area contributed by atoms with Crippen LogP contribution in [-0.4, -0.2) is 54.2 Å². The maximum absolute atomic E-state index is 13.2. The van der Waals surface area contributed by atoms with Crippen molar-refractivity contribution in [1.29, 1.82) is 0 Å². The second kappa shape index (κ2) is 8.58. The normalized spacial score (nSPS) is 25.0. The van der Waals surface area contributed by atoms with E-state index in [4.69, 9.17) is 4.74 Å². The lowest BCUT2D eigenvalue weighted by Crippen LogP contribution is -2.54. The maximum atomic E-state index is 13.2. The van der Waals surface area contributed by atoms with Crippen molar-refractivity contribution in [2.45, 2.75) is 79.0 Å². The number of amides is 2. The number of anilines is 1. The van der Waals surface area contributed by atoms with Gasteiger partial charge in [-0.25, -0.2) is 4.79 Å². The maximum Gasteiger partial charge on any atom is 0.410 e. The molecule has 2 saturated heterocycles. The fraction of sp³-hybridized carbons (Fsp3) is 0.667. The molecule has 1 aromatic carbocycles. The predicted molar refractivity (Wildman–Crippen MR) is 120 cm³/mol. The molecular formula is C24H37N3O3. The van der Waals surface area contributed by atoms with Gasteiger partial charge in [0.05, 0.1) is 6.04 Å². The molecular weight excluding hydrogens is 378 g/mol. The molecule has 30 heavy (non-hydrogen) atoms. The highest BCUT2D eigenvalue weighted by Crippen LogP contribution is 2.31. The fourth-order valence-electron chi connectivity index (χ4n) is 4.80. The van der Waals surface area contributed by atoms with Crippen molar-refractivity contribution in [1.82, 2.24) is 10.2 Å². The van der Waals surface area contributed by atoms with Crippen LogP contribution in [0.25, 0.3) is 0 Å². The highest BCUT2D eigenvalue weighted by atomic mass is 16.6. The molecule has 1 N–H and O–H groups in total. The molecule has 0 bridgehead atoms. The first-order chi connectivity index (χ1) is 14.0. The molecule has 2 fully saturated rings. The average Bonchev–Trinajstić information content (AvgIpc) is 2.95. The van der Waals surface area contributed by atoms with Crippen LogP contribution in [0.15, 0.2) is 12.1 Å². The van der Waals surface area contributed by atoms with Crippen LogP contribution >= 0.6 is 0 Å². The summed E-state index contributed by atoms with van der Waals surface area (Å²) in [6.45, 7) is 16.1. The number of benzene rings is 1. The van der Waals surface area contributed by atoms with Gasteiger partial charge in [-0.3, -0.25) is 4.79 Å². The summed E-state index contributed by atoms with van der Waals surface area (Å²) in [4.78, 5) is 29.3. The number of rotatable bonds is 3.